The van der Waals surface area contributed by atoms with Crippen molar-refractivity contribution in [3.63, 3.8) is 0 Å². The summed E-state index contributed by atoms with van der Waals surface area (Å²) in [6.45, 7) is 3.07. The van der Waals surface area contributed by atoms with Crippen molar-refractivity contribution in [2.75, 3.05) is 52.6 Å². The summed E-state index contributed by atoms with van der Waals surface area (Å²) in [5.41, 5.74) is 6.67. The second-order valence-electron chi connectivity index (χ2n) is 5.20. The first kappa shape index (κ1) is 14.4. The van der Waals surface area contributed by atoms with Crippen molar-refractivity contribution in [2.45, 2.75) is 0 Å². The molecule has 2 rings (SSSR count). The number of amides is 2. The minimum atomic E-state index is -0.0414. The molecular weight excluding hydrogens is 258 g/mol. The van der Waals surface area contributed by atoms with E-state index in [9.17, 15) is 9.59 Å². The minimum absolute atomic E-state index is 0.0414. The van der Waals surface area contributed by atoms with E-state index in [-0.39, 0.29) is 11.8 Å². The third kappa shape index (κ3) is 3.30. The van der Waals surface area contributed by atoms with Crippen LogP contribution in [0.2, 0.25) is 0 Å². The van der Waals surface area contributed by atoms with Gasteiger partial charge in [-0.15, -0.1) is 0 Å². The largest absolute Gasteiger partial charge is 0.397 e. The molecule has 1 aromatic heterocycles. The van der Waals surface area contributed by atoms with Crippen molar-refractivity contribution in [3.05, 3.63) is 18.0 Å². The summed E-state index contributed by atoms with van der Waals surface area (Å²) in [5.74, 6) is 0.0437. The lowest BCUT2D eigenvalue weighted by Gasteiger charge is -2.34. The van der Waals surface area contributed by atoms with Crippen LogP contribution in [0.1, 0.15) is 10.5 Å². The summed E-state index contributed by atoms with van der Waals surface area (Å²) in [4.78, 5) is 32.1. The minimum Gasteiger partial charge on any atom is -0.397 e. The Morgan fingerprint density at radius 3 is 2.45 bits per heavy atom. The van der Waals surface area contributed by atoms with Gasteiger partial charge in [-0.2, -0.15) is 0 Å². The molecule has 0 aliphatic carbocycles. The van der Waals surface area contributed by atoms with E-state index < -0.39 is 0 Å². The van der Waals surface area contributed by atoms with E-state index in [2.05, 4.69) is 9.88 Å². The summed E-state index contributed by atoms with van der Waals surface area (Å²) < 4.78 is 0. The number of hydrogen-bond acceptors (Lipinski definition) is 4. The fourth-order valence-electron chi connectivity index (χ4n) is 2.15. The molecule has 3 N–H and O–H groups in total. The Bertz CT molecular complexity index is 489. The standard InChI is InChI=1S/C13H21N5O2/c1-16(2)12(19)9-17-3-5-18(6-4-17)13(20)11-7-10(14)8-15-11/h7-8,15H,3-6,9,14H2,1-2H3. The van der Waals surface area contributed by atoms with Crippen molar-refractivity contribution >= 4 is 17.5 Å². The third-order valence-corrected chi connectivity index (χ3v) is 3.45. The molecule has 1 aliphatic rings. The van der Waals surface area contributed by atoms with Gasteiger partial charge in [-0.05, 0) is 6.07 Å². The lowest BCUT2D eigenvalue weighted by atomic mass is 10.2. The van der Waals surface area contributed by atoms with Crippen molar-refractivity contribution in [2.24, 2.45) is 0 Å². The van der Waals surface area contributed by atoms with Gasteiger partial charge in [0.1, 0.15) is 5.69 Å². The van der Waals surface area contributed by atoms with E-state index >= 15 is 0 Å². The molecule has 0 atom stereocenters. The molecule has 1 aliphatic heterocycles. The van der Waals surface area contributed by atoms with Crippen LogP contribution in [0.25, 0.3) is 0 Å². The number of rotatable bonds is 3. The number of aromatic amines is 1. The average molecular weight is 279 g/mol. The fraction of sp³-hybridized carbons (Fsp3) is 0.538. The van der Waals surface area contributed by atoms with Gasteiger partial charge in [0.2, 0.25) is 5.91 Å². The Hall–Kier alpha value is -2.02. The molecule has 7 heteroatoms. The molecule has 1 fully saturated rings. The van der Waals surface area contributed by atoms with Gasteiger partial charge in [-0.25, -0.2) is 0 Å². The zero-order valence-corrected chi connectivity index (χ0v) is 11.9. The van der Waals surface area contributed by atoms with Crippen molar-refractivity contribution < 1.29 is 9.59 Å². The number of anilines is 1. The molecule has 2 heterocycles. The van der Waals surface area contributed by atoms with Gasteiger partial charge in [0, 0.05) is 52.2 Å². The van der Waals surface area contributed by atoms with Gasteiger partial charge in [0.25, 0.3) is 5.91 Å². The maximum Gasteiger partial charge on any atom is 0.270 e. The number of nitrogens with two attached hydrogens (primary N) is 1. The van der Waals surface area contributed by atoms with Gasteiger partial charge in [-0.3, -0.25) is 14.5 Å². The first-order valence-electron chi connectivity index (χ1n) is 6.63. The Morgan fingerprint density at radius 1 is 1.30 bits per heavy atom. The summed E-state index contributed by atoms with van der Waals surface area (Å²) in [7, 11) is 3.50. The molecule has 0 radical (unpaired) electrons. The Balaban J connectivity index is 1.85. The molecule has 0 aromatic carbocycles. The molecule has 110 valence electrons. The topological polar surface area (TPSA) is 85.7 Å². The number of carbonyl (C=O) groups excluding carboxylic acids is 2. The molecule has 0 spiro atoms. The number of carbonyl (C=O) groups is 2. The normalized spacial score (nSPS) is 16.2. The number of nitrogens with one attached hydrogen (secondary N) is 1. The Morgan fingerprint density at radius 2 is 1.95 bits per heavy atom. The van der Waals surface area contributed by atoms with Gasteiger partial charge < -0.3 is 20.5 Å². The average Bonchev–Trinajstić information content (AvgIpc) is 2.85. The monoisotopic (exact) mass is 279 g/mol. The van der Waals surface area contributed by atoms with E-state index in [0.717, 1.165) is 0 Å². The van der Waals surface area contributed by atoms with E-state index in [1.54, 1.807) is 36.2 Å². The molecule has 2 amide bonds. The highest BCUT2D eigenvalue weighted by atomic mass is 16.2. The predicted molar refractivity (Wildman–Crippen MR) is 76.2 cm³/mol. The number of aromatic nitrogens is 1. The van der Waals surface area contributed by atoms with Crippen LogP contribution in [-0.2, 0) is 4.79 Å². The molecule has 0 bridgehead atoms. The van der Waals surface area contributed by atoms with Gasteiger partial charge in [0.15, 0.2) is 0 Å². The molecule has 1 saturated heterocycles. The summed E-state index contributed by atoms with van der Waals surface area (Å²) >= 11 is 0. The smallest absolute Gasteiger partial charge is 0.270 e. The van der Waals surface area contributed by atoms with Crippen molar-refractivity contribution in [3.8, 4) is 0 Å². The second-order valence-corrected chi connectivity index (χ2v) is 5.20. The van der Waals surface area contributed by atoms with Crippen LogP contribution in [-0.4, -0.2) is 78.3 Å². The quantitative estimate of drug-likeness (QED) is 0.777. The van der Waals surface area contributed by atoms with Gasteiger partial charge in [-0.1, -0.05) is 0 Å². The molecule has 7 nitrogen and oxygen atoms in total. The van der Waals surface area contributed by atoms with E-state index in [4.69, 9.17) is 5.73 Å². The first-order chi connectivity index (χ1) is 9.47. The number of piperazine rings is 1. The highest BCUT2D eigenvalue weighted by Crippen LogP contribution is 2.10. The summed E-state index contributed by atoms with van der Waals surface area (Å²) in [6.07, 6.45) is 1.61. The van der Waals surface area contributed by atoms with Crippen LogP contribution >= 0.6 is 0 Å². The van der Waals surface area contributed by atoms with Crippen LogP contribution < -0.4 is 5.73 Å². The lowest BCUT2D eigenvalue weighted by Crippen LogP contribution is -2.51. The zero-order valence-electron chi connectivity index (χ0n) is 11.9. The number of likely N-dealkylation sites (N-methyl/N-ethyl adjacent to an activating group) is 1. The Labute approximate surface area is 118 Å². The number of H-pyrrole nitrogens is 1. The summed E-state index contributed by atoms with van der Waals surface area (Å²) in [5, 5.41) is 0. The zero-order chi connectivity index (χ0) is 14.7. The molecular formula is C13H21N5O2. The number of nitrogens with zero attached hydrogens (tertiary/aromatic N) is 3. The Kier molecular flexibility index (Phi) is 4.29. The molecule has 20 heavy (non-hydrogen) atoms. The number of nitrogen functional groups attached to an aromatic ring is 1. The van der Waals surface area contributed by atoms with E-state index in [0.29, 0.717) is 44.1 Å². The van der Waals surface area contributed by atoms with Crippen molar-refractivity contribution in [1.29, 1.82) is 0 Å². The maximum atomic E-state index is 12.2. The first-order valence-corrected chi connectivity index (χ1v) is 6.63. The SMILES string of the molecule is CN(C)C(=O)CN1CCN(C(=O)c2cc(N)c[nH]2)CC1. The highest BCUT2D eigenvalue weighted by Gasteiger charge is 2.24. The van der Waals surface area contributed by atoms with Crippen LogP contribution in [0.15, 0.2) is 12.3 Å². The van der Waals surface area contributed by atoms with Crippen LogP contribution in [0.4, 0.5) is 5.69 Å². The summed E-state index contributed by atoms with van der Waals surface area (Å²) in [6, 6.07) is 1.64. The fourth-order valence-corrected chi connectivity index (χ4v) is 2.15. The predicted octanol–water partition coefficient (Wildman–Crippen LogP) is -0.557. The number of hydrogen-bond donors (Lipinski definition) is 2. The highest BCUT2D eigenvalue weighted by molar-refractivity contribution is 5.93. The van der Waals surface area contributed by atoms with Crippen LogP contribution in [0.3, 0.4) is 0 Å². The van der Waals surface area contributed by atoms with Crippen LogP contribution in [0, 0.1) is 0 Å². The molecule has 0 saturated carbocycles. The van der Waals surface area contributed by atoms with E-state index in [1.165, 1.54) is 0 Å². The van der Waals surface area contributed by atoms with Crippen molar-refractivity contribution in [1.82, 2.24) is 19.7 Å². The lowest BCUT2D eigenvalue weighted by molar-refractivity contribution is -0.130. The van der Waals surface area contributed by atoms with Gasteiger partial charge >= 0.3 is 0 Å². The maximum absolute atomic E-state index is 12.2. The third-order valence-electron chi connectivity index (χ3n) is 3.45. The van der Waals surface area contributed by atoms with Gasteiger partial charge in [0.05, 0.1) is 6.54 Å². The second kappa shape index (κ2) is 5.96. The molecule has 0 unspecified atom stereocenters. The van der Waals surface area contributed by atoms with Crippen LogP contribution in [0.5, 0.6) is 0 Å². The van der Waals surface area contributed by atoms with E-state index in [1.807, 2.05) is 0 Å². The molecule has 1 aromatic rings.